The van der Waals surface area contributed by atoms with Crippen LogP contribution >= 0.6 is 0 Å². The Morgan fingerprint density at radius 2 is 2.09 bits per heavy atom. The fourth-order valence-electron chi connectivity index (χ4n) is 2.46. The molecule has 1 aliphatic rings. The smallest absolute Gasteiger partial charge is 0.138 e. The van der Waals surface area contributed by atoms with Crippen molar-refractivity contribution in [1.29, 1.82) is 0 Å². The fourth-order valence-corrected chi connectivity index (χ4v) is 2.46. The minimum Gasteiger partial charge on any atom is -0.373 e. The van der Waals surface area contributed by atoms with E-state index in [4.69, 9.17) is 0 Å². The van der Waals surface area contributed by atoms with Crippen LogP contribution in [0.2, 0.25) is 0 Å². The molecule has 0 fully saturated rings. The van der Waals surface area contributed by atoms with E-state index in [9.17, 15) is 8.78 Å². The summed E-state index contributed by atoms with van der Waals surface area (Å²) in [6.45, 7) is 4.92. The van der Waals surface area contributed by atoms with E-state index in [1.165, 1.54) is 19.1 Å². The Hall–Kier alpha value is -2.43. The first kappa shape index (κ1) is 14.5. The molecule has 1 aliphatic heterocycles. The number of rotatable bonds is 3. The van der Waals surface area contributed by atoms with E-state index >= 15 is 0 Å². The lowest BCUT2D eigenvalue weighted by Crippen LogP contribution is -2.20. The number of nitrogens with one attached hydrogen (secondary N) is 1. The van der Waals surface area contributed by atoms with Crippen LogP contribution in [-0.4, -0.2) is 16.6 Å². The summed E-state index contributed by atoms with van der Waals surface area (Å²) in [6, 6.07) is 4.56. The second-order valence-electron chi connectivity index (χ2n) is 5.45. The molecule has 0 saturated heterocycles. The highest BCUT2D eigenvalue weighted by molar-refractivity contribution is 5.62. The maximum atomic E-state index is 14.2. The zero-order valence-electron chi connectivity index (χ0n) is 12.5. The molecule has 0 amide bonds. The van der Waals surface area contributed by atoms with Gasteiger partial charge in [-0.25, -0.2) is 8.78 Å². The van der Waals surface area contributed by atoms with E-state index in [-0.39, 0.29) is 5.56 Å². The van der Waals surface area contributed by atoms with Crippen molar-refractivity contribution in [2.45, 2.75) is 20.4 Å². The molecule has 0 atom stereocenters. The van der Waals surface area contributed by atoms with Crippen molar-refractivity contribution in [2.75, 3.05) is 6.67 Å². The summed E-state index contributed by atoms with van der Waals surface area (Å²) in [5.74, 6) is -1.09. The van der Waals surface area contributed by atoms with Crippen LogP contribution in [0.4, 0.5) is 8.78 Å². The van der Waals surface area contributed by atoms with Crippen LogP contribution in [-0.2, 0) is 6.54 Å². The summed E-state index contributed by atoms with van der Waals surface area (Å²) in [4.78, 5) is 6.47. The number of benzene rings is 1. The summed E-state index contributed by atoms with van der Waals surface area (Å²) in [5.41, 5.74) is 2.99. The Morgan fingerprint density at radius 3 is 2.77 bits per heavy atom. The SMILES string of the molecule is Cc1cc(-c2ccc(F)c(C)c2F)ncc1CN1C=CNC1. The van der Waals surface area contributed by atoms with Crippen LogP contribution in [0.15, 0.2) is 36.8 Å². The van der Waals surface area contributed by atoms with Gasteiger partial charge in [-0.1, -0.05) is 0 Å². The maximum absolute atomic E-state index is 14.2. The third-order valence-electron chi connectivity index (χ3n) is 3.89. The van der Waals surface area contributed by atoms with Crippen LogP contribution in [0.3, 0.4) is 0 Å². The van der Waals surface area contributed by atoms with Crippen molar-refractivity contribution < 1.29 is 8.78 Å². The Balaban J connectivity index is 1.91. The second-order valence-corrected chi connectivity index (χ2v) is 5.45. The van der Waals surface area contributed by atoms with Crippen molar-refractivity contribution in [1.82, 2.24) is 15.2 Å². The molecule has 0 aliphatic carbocycles. The van der Waals surface area contributed by atoms with Gasteiger partial charge >= 0.3 is 0 Å². The molecule has 0 unspecified atom stereocenters. The summed E-state index contributed by atoms with van der Waals surface area (Å²) in [5, 5.41) is 3.11. The van der Waals surface area contributed by atoms with E-state index in [0.717, 1.165) is 24.3 Å². The highest BCUT2D eigenvalue weighted by Crippen LogP contribution is 2.26. The standard InChI is InChI=1S/C17H17F2N3/c1-11-7-16(14-3-4-15(18)12(2)17(14)19)21-8-13(11)9-22-6-5-20-10-22/h3-8,20H,9-10H2,1-2H3. The highest BCUT2D eigenvalue weighted by Gasteiger charge is 2.14. The average molecular weight is 301 g/mol. The minimum atomic E-state index is -0.550. The van der Waals surface area contributed by atoms with Gasteiger partial charge in [-0.15, -0.1) is 0 Å². The molecule has 3 nitrogen and oxygen atoms in total. The fraction of sp³-hybridized carbons (Fsp3) is 0.235. The van der Waals surface area contributed by atoms with E-state index in [0.29, 0.717) is 11.3 Å². The lowest BCUT2D eigenvalue weighted by Gasteiger charge is -2.16. The molecule has 3 rings (SSSR count). The lowest BCUT2D eigenvalue weighted by molar-refractivity contribution is 0.383. The summed E-state index contributed by atoms with van der Waals surface area (Å²) in [6.07, 6.45) is 5.64. The van der Waals surface area contributed by atoms with E-state index in [1.807, 2.05) is 25.4 Å². The van der Waals surface area contributed by atoms with Crippen LogP contribution in [0.25, 0.3) is 11.3 Å². The molecule has 0 bridgehead atoms. The number of aryl methyl sites for hydroxylation is 1. The Bertz CT molecular complexity index is 741. The first-order valence-corrected chi connectivity index (χ1v) is 7.11. The number of hydrogen-bond acceptors (Lipinski definition) is 3. The zero-order valence-corrected chi connectivity index (χ0v) is 12.5. The summed E-state index contributed by atoms with van der Waals surface area (Å²) in [7, 11) is 0. The predicted octanol–water partition coefficient (Wildman–Crippen LogP) is 3.48. The molecule has 1 aromatic heterocycles. The van der Waals surface area contributed by atoms with Crippen molar-refractivity contribution in [2.24, 2.45) is 0 Å². The summed E-state index contributed by atoms with van der Waals surface area (Å²) >= 11 is 0. The largest absolute Gasteiger partial charge is 0.373 e. The number of pyridine rings is 1. The van der Waals surface area contributed by atoms with E-state index in [1.54, 1.807) is 6.20 Å². The van der Waals surface area contributed by atoms with Crippen molar-refractivity contribution in [3.63, 3.8) is 0 Å². The summed E-state index contributed by atoms with van der Waals surface area (Å²) < 4.78 is 27.6. The van der Waals surface area contributed by atoms with Gasteiger partial charge in [0.05, 0.1) is 12.4 Å². The molecule has 2 aromatic rings. The third-order valence-corrected chi connectivity index (χ3v) is 3.89. The Morgan fingerprint density at radius 1 is 1.27 bits per heavy atom. The molecule has 2 heterocycles. The molecular formula is C17H17F2N3. The minimum absolute atomic E-state index is 0.0225. The topological polar surface area (TPSA) is 28.2 Å². The molecule has 114 valence electrons. The zero-order chi connectivity index (χ0) is 15.7. The third kappa shape index (κ3) is 2.66. The van der Waals surface area contributed by atoms with E-state index < -0.39 is 11.6 Å². The molecule has 22 heavy (non-hydrogen) atoms. The van der Waals surface area contributed by atoms with Crippen LogP contribution < -0.4 is 5.32 Å². The maximum Gasteiger partial charge on any atom is 0.138 e. The molecule has 5 heteroatoms. The lowest BCUT2D eigenvalue weighted by atomic mass is 10.0. The average Bonchev–Trinajstić information content (AvgIpc) is 3.00. The van der Waals surface area contributed by atoms with Crippen LogP contribution in [0, 0.1) is 25.5 Å². The van der Waals surface area contributed by atoms with Crippen molar-refractivity contribution in [3.05, 3.63) is 65.1 Å². The molecule has 1 aromatic carbocycles. The van der Waals surface area contributed by atoms with Gasteiger partial charge in [-0.3, -0.25) is 4.98 Å². The first-order chi connectivity index (χ1) is 10.6. The Kier molecular flexibility index (Phi) is 3.79. The van der Waals surface area contributed by atoms with Gasteiger partial charge < -0.3 is 10.2 Å². The molecule has 0 spiro atoms. The predicted molar refractivity (Wildman–Crippen MR) is 81.7 cm³/mol. The van der Waals surface area contributed by atoms with Crippen molar-refractivity contribution >= 4 is 0 Å². The number of aromatic nitrogens is 1. The number of hydrogen-bond donors (Lipinski definition) is 1. The molecular weight excluding hydrogens is 284 g/mol. The molecule has 0 radical (unpaired) electrons. The van der Waals surface area contributed by atoms with Crippen LogP contribution in [0.1, 0.15) is 16.7 Å². The van der Waals surface area contributed by atoms with Gasteiger partial charge in [0, 0.05) is 36.3 Å². The van der Waals surface area contributed by atoms with Gasteiger partial charge in [-0.05, 0) is 43.2 Å². The van der Waals surface area contributed by atoms with Gasteiger partial charge in [0.2, 0.25) is 0 Å². The van der Waals surface area contributed by atoms with Gasteiger partial charge in [0.15, 0.2) is 0 Å². The second kappa shape index (κ2) is 5.75. The number of nitrogens with zero attached hydrogens (tertiary/aromatic N) is 2. The Labute approximate surface area is 128 Å². The van der Waals surface area contributed by atoms with Gasteiger partial charge in [0.1, 0.15) is 11.6 Å². The van der Waals surface area contributed by atoms with Crippen molar-refractivity contribution in [3.8, 4) is 11.3 Å². The monoisotopic (exact) mass is 301 g/mol. The highest BCUT2D eigenvalue weighted by atomic mass is 19.1. The molecule has 0 saturated carbocycles. The van der Waals surface area contributed by atoms with E-state index in [2.05, 4.69) is 15.2 Å². The van der Waals surface area contributed by atoms with Gasteiger partial charge in [-0.2, -0.15) is 0 Å². The normalized spacial score (nSPS) is 13.5. The first-order valence-electron chi connectivity index (χ1n) is 7.11. The van der Waals surface area contributed by atoms with Gasteiger partial charge in [0.25, 0.3) is 0 Å². The number of halogens is 2. The quantitative estimate of drug-likeness (QED) is 0.941. The van der Waals surface area contributed by atoms with Crippen LogP contribution in [0.5, 0.6) is 0 Å². The molecule has 1 N–H and O–H groups in total.